The molecule has 0 aliphatic rings. The summed E-state index contributed by atoms with van der Waals surface area (Å²) in [4.78, 5) is 13.3. The normalized spacial score (nSPS) is 11.9. The molecular formula is C19H21F3N4OS2. The number of alkyl halides is 3. The summed E-state index contributed by atoms with van der Waals surface area (Å²) < 4.78 is 46.4. The maximum Gasteiger partial charge on any atom is 0.433 e. The van der Waals surface area contributed by atoms with E-state index >= 15 is 0 Å². The molecule has 3 aromatic rings. The van der Waals surface area contributed by atoms with Crippen molar-refractivity contribution in [3.63, 3.8) is 0 Å². The van der Waals surface area contributed by atoms with E-state index in [2.05, 4.69) is 21.2 Å². The van der Waals surface area contributed by atoms with Gasteiger partial charge in [-0.05, 0) is 36.3 Å². The van der Waals surface area contributed by atoms with Gasteiger partial charge < -0.3 is 9.30 Å². The number of aryl methyl sites for hydroxylation is 1. The Balaban J connectivity index is 1.98. The van der Waals surface area contributed by atoms with Crippen molar-refractivity contribution >= 4 is 34.6 Å². The standard InChI is InChI=1S/C19H21F3N4OS2/c1-4-29-15-8-12(27-6-5-7-28-3)10-24-17(15)18-25-13-9-16(19(20,21)22)23-11-14(13)26(18)2/h8-11H,4-7H2,1-3H3. The Kier molecular flexibility index (Phi) is 6.94. The molecule has 0 N–H and O–H groups in total. The number of imidazole rings is 1. The van der Waals surface area contributed by atoms with Crippen molar-refractivity contribution in [3.8, 4) is 17.3 Å². The summed E-state index contributed by atoms with van der Waals surface area (Å²) in [5.74, 6) is 3.00. The molecule has 5 nitrogen and oxygen atoms in total. The first-order valence-electron chi connectivity index (χ1n) is 8.99. The molecule has 0 saturated carbocycles. The zero-order valence-corrected chi connectivity index (χ0v) is 17.9. The molecule has 0 atom stereocenters. The number of hydrogen-bond acceptors (Lipinski definition) is 6. The highest BCUT2D eigenvalue weighted by Gasteiger charge is 2.33. The monoisotopic (exact) mass is 442 g/mol. The second-order valence-electron chi connectivity index (χ2n) is 6.20. The molecule has 10 heteroatoms. The van der Waals surface area contributed by atoms with Gasteiger partial charge in [-0.1, -0.05) is 6.92 Å². The van der Waals surface area contributed by atoms with Gasteiger partial charge in [-0.15, -0.1) is 11.8 Å². The molecule has 0 unspecified atom stereocenters. The minimum atomic E-state index is -4.51. The van der Waals surface area contributed by atoms with Gasteiger partial charge in [0.25, 0.3) is 0 Å². The predicted octanol–water partition coefficient (Wildman–Crippen LogP) is 5.29. The zero-order valence-electron chi connectivity index (χ0n) is 16.3. The summed E-state index contributed by atoms with van der Waals surface area (Å²) in [6.07, 6.45) is 1.31. The van der Waals surface area contributed by atoms with Crippen LogP contribution in [0.1, 0.15) is 19.0 Å². The van der Waals surface area contributed by atoms with Crippen molar-refractivity contribution in [2.75, 3.05) is 24.4 Å². The van der Waals surface area contributed by atoms with Crippen LogP contribution in [0.25, 0.3) is 22.6 Å². The summed E-state index contributed by atoms with van der Waals surface area (Å²) >= 11 is 3.35. The molecule has 0 aliphatic carbocycles. The van der Waals surface area contributed by atoms with Crippen LogP contribution >= 0.6 is 23.5 Å². The van der Waals surface area contributed by atoms with E-state index in [-0.39, 0.29) is 5.52 Å². The zero-order chi connectivity index (χ0) is 21.0. The molecule has 3 heterocycles. The third-order valence-corrected chi connectivity index (χ3v) is 5.77. The second-order valence-corrected chi connectivity index (χ2v) is 8.49. The molecule has 0 spiro atoms. The Hall–Kier alpha value is -1.94. The highest BCUT2D eigenvalue weighted by atomic mass is 32.2. The lowest BCUT2D eigenvalue weighted by molar-refractivity contribution is -0.141. The number of thioether (sulfide) groups is 2. The van der Waals surface area contributed by atoms with Gasteiger partial charge in [-0.3, -0.25) is 0 Å². The lowest BCUT2D eigenvalue weighted by Gasteiger charge is -2.11. The average Bonchev–Trinajstić information content (AvgIpc) is 3.01. The summed E-state index contributed by atoms with van der Waals surface area (Å²) in [6, 6.07) is 2.88. The van der Waals surface area contributed by atoms with Crippen LogP contribution in [-0.2, 0) is 13.2 Å². The number of halogens is 3. The molecule has 0 amide bonds. The second kappa shape index (κ2) is 9.25. The van der Waals surface area contributed by atoms with Gasteiger partial charge in [-0.25, -0.2) is 15.0 Å². The third-order valence-electron chi connectivity index (χ3n) is 4.16. The molecule has 0 radical (unpaired) electrons. The molecule has 0 aliphatic heterocycles. The van der Waals surface area contributed by atoms with Crippen LogP contribution < -0.4 is 4.74 Å². The Morgan fingerprint density at radius 2 is 1.97 bits per heavy atom. The molecule has 0 saturated heterocycles. The van der Waals surface area contributed by atoms with Crippen molar-refractivity contribution < 1.29 is 17.9 Å². The van der Waals surface area contributed by atoms with E-state index < -0.39 is 11.9 Å². The SMILES string of the molecule is CCSc1cc(OCCCSC)cnc1-c1nc2cc(C(F)(F)F)ncc2n1C. The highest BCUT2D eigenvalue weighted by Crippen LogP contribution is 2.34. The van der Waals surface area contributed by atoms with Crippen LogP contribution in [0.4, 0.5) is 13.2 Å². The topological polar surface area (TPSA) is 52.8 Å². The molecule has 0 aromatic carbocycles. The van der Waals surface area contributed by atoms with E-state index in [0.717, 1.165) is 28.9 Å². The maximum atomic E-state index is 13.0. The molecule has 0 fully saturated rings. The van der Waals surface area contributed by atoms with Gasteiger partial charge in [0.15, 0.2) is 5.82 Å². The van der Waals surface area contributed by atoms with Crippen molar-refractivity contribution in [1.29, 1.82) is 0 Å². The van der Waals surface area contributed by atoms with E-state index in [9.17, 15) is 13.2 Å². The molecule has 0 bridgehead atoms. The van der Waals surface area contributed by atoms with Crippen LogP contribution in [0.2, 0.25) is 0 Å². The number of aromatic nitrogens is 4. The maximum absolute atomic E-state index is 13.0. The summed E-state index contributed by atoms with van der Waals surface area (Å²) in [5.41, 5.74) is 0.399. The number of fused-ring (bicyclic) bond motifs is 1. The fourth-order valence-corrected chi connectivity index (χ4v) is 3.99. The minimum Gasteiger partial charge on any atom is -0.492 e. The lowest BCUT2D eigenvalue weighted by Crippen LogP contribution is -2.07. The fraction of sp³-hybridized carbons (Fsp3) is 0.421. The van der Waals surface area contributed by atoms with Gasteiger partial charge in [0, 0.05) is 11.9 Å². The molecule has 156 valence electrons. The quantitative estimate of drug-likeness (QED) is 0.349. The van der Waals surface area contributed by atoms with Gasteiger partial charge in [-0.2, -0.15) is 24.9 Å². The third kappa shape index (κ3) is 4.98. The van der Waals surface area contributed by atoms with Crippen molar-refractivity contribution in [1.82, 2.24) is 19.5 Å². The van der Waals surface area contributed by atoms with Crippen LogP contribution in [0, 0.1) is 0 Å². The van der Waals surface area contributed by atoms with Crippen LogP contribution in [0.3, 0.4) is 0 Å². The first-order valence-corrected chi connectivity index (χ1v) is 11.4. The largest absolute Gasteiger partial charge is 0.492 e. The summed E-state index contributed by atoms with van der Waals surface area (Å²) in [7, 11) is 1.74. The van der Waals surface area contributed by atoms with Gasteiger partial charge >= 0.3 is 6.18 Å². The molecule has 3 aromatic heterocycles. The van der Waals surface area contributed by atoms with E-state index in [0.29, 0.717) is 29.4 Å². The minimum absolute atomic E-state index is 0.233. The van der Waals surface area contributed by atoms with Gasteiger partial charge in [0.05, 0.1) is 30.0 Å². The van der Waals surface area contributed by atoms with Crippen LogP contribution in [0.5, 0.6) is 5.75 Å². The number of hydrogen-bond donors (Lipinski definition) is 0. The average molecular weight is 443 g/mol. The fourth-order valence-electron chi connectivity index (χ4n) is 2.79. The van der Waals surface area contributed by atoms with E-state index in [1.54, 1.807) is 41.3 Å². The van der Waals surface area contributed by atoms with Gasteiger partial charge in [0.1, 0.15) is 17.1 Å². The lowest BCUT2D eigenvalue weighted by atomic mass is 10.3. The molecular weight excluding hydrogens is 421 g/mol. The van der Waals surface area contributed by atoms with Crippen LogP contribution in [-0.4, -0.2) is 43.9 Å². The van der Waals surface area contributed by atoms with E-state index in [1.807, 2.05) is 13.0 Å². The Bertz CT molecular complexity index is 991. The number of rotatable bonds is 8. The van der Waals surface area contributed by atoms with Crippen molar-refractivity contribution in [2.24, 2.45) is 7.05 Å². The van der Waals surface area contributed by atoms with Gasteiger partial charge in [0.2, 0.25) is 0 Å². The summed E-state index contributed by atoms with van der Waals surface area (Å²) in [5, 5.41) is 0. The smallest absolute Gasteiger partial charge is 0.433 e. The Labute approximate surface area is 175 Å². The Morgan fingerprint density at radius 3 is 2.66 bits per heavy atom. The number of pyridine rings is 2. The van der Waals surface area contributed by atoms with Crippen molar-refractivity contribution in [3.05, 3.63) is 30.2 Å². The Morgan fingerprint density at radius 1 is 1.17 bits per heavy atom. The van der Waals surface area contributed by atoms with Crippen LogP contribution in [0.15, 0.2) is 29.4 Å². The van der Waals surface area contributed by atoms with E-state index in [1.165, 1.54) is 6.20 Å². The highest BCUT2D eigenvalue weighted by molar-refractivity contribution is 7.99. The molecule has 29 heavy (non-hydrogen) atoms. The number of nitrogens with zero attached hydrogens (tertiary/aromatic N) is 4. The summed E-state index contributed by atoms with van der Waals surface area (Å²) in [6.45, 7) is 2.63. The first-order chi connectivity index (χ1) is 13.8. The van der Waals surface area contributed by atoms with E-state index in [4.69, 9.17) is 4.74 Å². The predicted molar refractivity (Wildman–Crippen MR) is 112 cm³/mol. The number of ether oxygens (including phenoxy) is 1. The first kappa shape index (κ1) is 21.8. The van der Waals surface area contributed by atoms with Crippen molar-refractivity contribution in [2.45, 2.75) is 24.4 Å². The molecule has 3 rings (SSSR count).